The average Bonchev–Trinajstić information content (AvgIpc) is 2.64. The predicted molar refractivity (Wildman–Crippen MR) is 102 cm³/mol. The van der Waals surface area contributed by atoms with Crippen molar-refractivity contribution in [1.82, 2.24) is 5.32 Å². The number of para-hydroxylation sites is 2. The van der Waals surface area contributed by atoms with Gasteiger partial charge in [0.05, 0.1) is 18.5 Å². The van der Waals surface area contributed by atoms with Gasteiger partial charge in [-0.05, 0) is 49.2 Å². The van der Waals surface area contributed by atoms with Gasteiger partial charge in [0.1, 0.15) is 5.75 Å². The number of ether oxygens (including phenoxy) is 1. The van der Waals surface area contributed by atoms with E-state index in [2.05, 4.69) is 10.3 Å². The van der Waals surface area contributed by atoms with E-state index in [1.165, 1.54) is 13.3 Å². The number of hydrogen-bond acceptors (Lipinski definition) is 5. The Morgan fingerprint density at radius 3 is 2.52 bits per heavy atom. The zero-order valence-electron chi connectivity index (χ0n) is 15.2. The molecule has 138 valence electrons. The molecular weight excluding hydrogens is 346 g/mol. The molecule has 2 aromatic carbocycles. The maximum Gasteiger partial charge on any atom is 0.335 e. The minimum Gasteiger partial charge on any atom is -0.495 e. The number of aryl methyl sites for hydroxylation is 2. The molecule has 0 saturated carbocycles. The molecule has 0 radical (unpaired) electrons. The van der Waals surface area contributed by atoms with Crippen LogP contribution in [0.5, 0.6) is 5.75 Å². The number of aliphatic imine (C=N–C) groups is 1. The van der Waals surface area contributed by atoms with Crippen LogP contribution in [0.3, 0.4) is 0 Å². The van der Waals surface area contributed by atoms with Crippen molar-refractivity contribution in [3.8, 4) is 5.75 Å². The molecule has 1 aliphatic rings. The first kappa shape index (κ1) is 18.3. The van der Waals surface area contributed by atoms with Crippen molar-refractivity contribution in [1.29, 1.82) is 0 Å². The van der Waals surface area contributed by atoms with Crippen molar-refractivity contribution in [3.63, 3.8) is 0 Å². The van der Waals surface area contributed by atoms with Gasteiger partial charge in [-0.1, -0.05) is 18.2 Å². The molecular formula is C20H19N3O4. The van der Waals surface area contributed by atoms with E-state index in [4.69, 9.17) is 4.74 Å². The minimum absolute atomic E-state index is 0.264. The quantitative estimate of drug-likeness (QED) is 0.666. The van der Waals surface area contributed by atoms with Crippen molar-refractivity contribution in [2.45, 2.75) is 13.8 Å². The van der Waals surface area contributed by atoms with Crippen LogP contribution >= 0.6 is 0 Å². The molecule has 0 bridgehead atoms. The van der Waals surface area contributed by atoms with Gasteiger partial charge in [-0.2, -0.15) is 0 Å². The third-order valence-corrected chi connectivity index (χ3v) is 4.39. The van der Waals surface area contributed by atoms with Crippen molar-refractivity contribution in [3.05, 3.63) is 53.6 Å². The fourth-order valence-corrected chi connectivity index (χ4v) is 2.73. The van der Waals surface area contributed by atoms with Gasteiger partial charge < -0.3 is 4.74 Å². The number of urea groups is 1. The van der Waals surface area contributed by atoms with E-state index in [1.807, 2.05) is 26.0 Å². The number of rotatable bonds is 4. The van der Waals surface area contributed by atoms with Gasteiger partial charge in [-0.15, -0.1) is 0 Å². The molecule has 3 rings (SSSR count). The van der Waals surface area contributed by atoms with E-state index in [1.54, 1.807) is 30.3 Å². The Balaban J connectivity index is 1.92. The molecule has 0 aliphatic carbocycles. The Kier molecular flexibility index (Phi) is 5.03. The van der Waals surface area contributed by atoms with Crippen molar-refractivity contribution in [2.24, 2.45) is 10.9 Å². The fraction of sp³-hybridized carbons (Fsp3) is 0.200. The van der Waals surface area contributed by atoms with E-state index < -0.39 is 23.8 Å². The third kappa shape index (κ3) is 3.57. The van der Waals surface area contributed by atoms with Crippen LogP contribution in [-0.4, -0.2) is 31.2 Å². The standard InChI is InChI=1S/C20H19N3O4/c1-12-8-9-14(10-13(12)2)21-11-15-18(24)22-20(26)23(19(15)25)16-6-4-5-7-17(16)27-3/h4-11,15H,1-3H3,(H,22,24,26)/t15-/m0/s1. The number of imide groups is 2. The number of carbonyl (C=O) groups excluding carboxylic acids is 3. The first-order chi connectivity index (χ1) is 12.9. The summed E-state index contributed by atoms with van der Waals surface area (Å²) in [5.74, 6) is -2.25. The summed E-state index contributed by atoms with van der Waals surface area (Å²) in [4.78, 5) is 42.5. The number of barbiturate groups is 1. The van der Waals surface area contributed by atoms with Crippen molar-refractivity contribution >= 4 is 35.4 Å². The summed E-state index contributed by atoms with van der Waals surface area (Å²) in [5, 5.41) is 2.20. The van der Waals surface area contributed by atoms with Gasteiger partial charge in [0, 0.05) is 6.21 Å². The lowest BCUT2D eigenvalue weighted by Gasteiger charge is -2.29. The maximum atomic E-state index is 12.9. The van der Waals surface area contributed by atoms with Crippen LogP contribution in [0.25, 0.3) is 0 Å². The summed E-state index contributed by atoms with van der Waals surface area (Å²) >= 11 is 0. The summed E-state index contributed by atoms with van der Waals surface area (Å²) < 4.78 is 5.22. The van der Waals surface area contributed by atoms with Crippen LogP contribution in [0, 0.1) is 19.8 Å². The van der Waals surface area contributed by atoms with Crippen LogP contribution in [-0.2, 0) is 9.59 Å². The molecule has 1 N–H and O–H groups in total. The van der Waals surface area contributed by atoms with Crippen LogP contribution in [0.2, 0.25) is 0 Å². The van der Waals surface area contributed by atoms with E-state index in [0.717, 1.165) is 16.0 Å². The molecule has 7 nitrogen and oxygen atoms in total. The molecule has 1 saturated heterocycles. The third-order valence-electron chi connectivity index (χ3n) is 4.39. The number of anilines is 1. The van der Waals surface area contributed by atoms with Gasteiger partial charge in [-0.3, -0.25) is 19.9 Å². The van der Waals surface area contributed by atoms with Gasteiger partial charge in [0.2, 0.25) is 5.91 Å². The molecule has 0 unspecified atom stereocenters. The maximum absolute atomic E-state index is 12.9. The van der Waals surface area contributed by atoms with Gasteiger partial charge >= 0.3 is 6.03 Å². The van der Waals surface area contributed by atoms with Crippen LogP contribution in [0.15, 0.2) is 47.5 Å². The topological polar surface area (TPSA) is 88.1 Å². The van der Waals surface area contributed by atoms with E-state index in [0.29, 0.717) is 11.4 Å². The second-order valence-corrected chi connectivity index (χ2v) is 6.16. The first-order valence-corrected chi connectivity index (χ1v) is 8.35. The number of hydrogen-bond donors (Lipinski definition) is 1. The number of nitrogens with zero attached hydrogens (tertiary/aromatic N) is 2. The molecule has 0 spiro atoms. The summed E-state index contributed by atoms with van der Waals surface area (Å²) in [7, 11) is 1.44. The Hall–Kier alpha value is -3.48. The van der Waals surface area contributed by atoms with E-state index >= 15 is 0 Å². The second-order valence-electron chi connectivity index (χ2n) is 6.16. The Morgan fingerprint density at radius 2 is 1.81 bits per heavy atom. The highest BCUT2D eigenvalue weighted by Crippen LogP contribution is 2.30. The minimum atomic E-state index is -1.21. The number of methoxy groups -OCH3 is 1. The first-order valence-electron chi connectivity index (χ1n) is 8.35. The normalized spacial score (nSPS) is 17.4. The number of nitrogens with one attached hydrogen (secondary N) is 1. The second kappa shape index (κ2) is 7.41. The Bertz CT molecular complexity index is 952. The predicted octanol–water partition coefficient (Wildman–Crippen LogP) is 2.91. The SMILES string of the molecule is COc1ccccc1N1C(=O)NC(=O)[C@H](C=Nc2ccc(C)c(C)c2)C1=O. The summed E-state index contributed by atoms with van der Waals surface area (Å²) in [5.41, 5.74) is 3.06. The molecule has 0 aromatic heterocycles. The molecule has 7 heteroatoms. The molecule has 1 heterocycles. The van der Waals surface area contributed by atoms with Crippen LogP contribution in [0.1, 0.15) is 11.1 Å². The summed E-state index contributed by atoms with van der Waals surface area (Å²) in [6, 6.07) is 11.4. The average molecular weight is 365 g/mol. The smallest absolute Gasteiger partial charge is 0.335 e. The molecule has 1 fully saturated rings. The largest absolute Gasteiger partial charge is 0.495 e. The molecule has 1 aliphatic heterocycles. The lowest BCUT2D eigenvalue weighted by molar-refractivity contribution is -0.131. The summed E-state index contributed by atoms with van der Waals surface area (Å²) in [6.07, 6.45) is 1.26. The zero-order valence-corrected chi connectivity index (χ0v) is 15.2. The van der Waals surface area contributed by atoms with Crippen LogP contribution < -0.4 is 15.0 Å². The van der Waals surface area contributed by atoms with Crippen molar-refractivity contribution in [2.75, 3.05) is 12.0 Å². The van der Waals surface area contributed by atoms with E-state index in [9.17, 15) is 14.4 Å². The summed E-state index contributed by atoms with van der Waals surface area (Å²) in [6.45, 7) is 3.94. The van der Waals surface area contributed by atoms with E-state index in [-0.39, 0.29) is 5.69 Å². The van der Waals surface area contributed by atoms with Crippen LogP contribution in [0.4, 0.5) is 16.2 Å². The highest BCUT2D eigenvalue weighted by Gasteiger charge is 2.41. The number of amides is 4. The fourth-order valence-electron chi connectivity index (χ4n) is 2.73. The molecule has 1 atom stereocenters. The van der Waals surface area contributed by atoms with Gasteiger partial charge in [0.25, 0.3) is 5.91 Å². The lowest BCUT2D eigenvalue weighted by atomic mass is 10.1. The monoisotopic (exact) mass is 365 g/mol. The highest BCUT2D eigenvalue weighted by molar-refractivity contribution is 6.33. The Morgan fingerprint density at radius 1 is 1.07 bits per heavy atom. The number of benzene rings is 2. The molecule has 27 heavy (non-hydrogen) atoms. The van der Waals surface area contributed by atoms with Crippen molar-refractivity contribution < 1.29 is 19.1 Å². The number of carbonyl (C=O) groups is 3. The highest BCUT2D eigenvalue weighted by atomic mass is 16.5. The molecule has 4 amide bonds. The zero-order chi connectivity index (χ0) is 19.6. The molecule has 2 aromatic rings. The lowest BCUT2D eigenvalue weighted by Crippen LogP contribution is -2.58. The Labute approximate surface area is 156 Å². The van der Waals surface area contributed by atoms with Gasteiger partial charge in [-0.25, -0.2) is 9.69 Å². The van der Waals surface area contributed by atoms with Gasteiger partial charge in [0.15, 0.2) is 5.92 Å².